The molecule has 1 aliphatic heterocycles. The van der Waals surface area contributed by atoms with Gasteiger partial charge in [0.25, 0.3) is 5.91 Å². The lowest BCUT2D eigenvalue weighted by molar-refractivity contribution is 0.102. The lowest BCUT2D eigenvalue weighted by Crippen LogP contribution is -2.16. The molecule has 0 saturated heterocycles. The van der Waals surface area contributed by atoms with Crippen molar-refractivity contribution in [2.24, 2.45) is 0 Å². The fraction of sp³-hybridized carbons (Fsp3) is 0.158. The first-order valence-corrected chi connectivity index (χ1v) is 9.10. The lowest BCUT2D eigenvalue weighted by atomic mass is 10.1. The first-order chi connectivity index (χ1) is 12.1. The van der Waals surface area contributed by atoms with Crippen LogP contribution in [0.25, 0.3) is 5.69 Å². The maximum absolute atomic E-state index is 13.2. The highest BCUT2D eigenvalue weighted by Crippen LogP contribution is 2.36. The van der Waals surface area contributed by atoms with Gasteiger partial charge in [-0.05, 0) is 43.3 Å². The van der Waals surface area contributed by atoms with Crippen LogP contribution in [0.15, 0.2) is 48.5 Å². The topological polar surface area (TPSA) is 46.9 Å². The summed E-state index contributed by atoms with van der Waals surface area (Å²) in [6, 6.07) is 13.6. The van der Waals surface area contributed by atoms with Gasteiger partial charge in [0.05, 0.1) is 11.4 Å². The molecule has 0 radical (unpaired) electrons. The number of benzene rings is 2. The third kappa shape index (κ3) is 3.05. The van der Waals surface area contributed by atoms with Crippen LogP contribution in [0.3, 0.4) is 0 Å². The maximum Gasteiger partial charge on any atom is 0.256 e. The van der Waals surface area contributed by atoms with Crippen LogP contribution in [-0.4, -0.2) is 15.7 Å². The molecule has 0 spiro atoms. The van der Waals surface area contributed by atoms with Gasteiger partial charge in [0, 0.05) is 22.6 Å². The van der Waals surface area contributed by atoms with E-state index in [0.29, 0.717) is 11.4 Å². The van der Waals surface area contributed by atoms with Crippen LogP contribution in [0.1, 0.15) is 27.2 Å². The van der Waals surface area contributed by atoms with Gasteiger partial charge in [-0.2, -0.15) is 16.9 Å². The van der Waals surface area contributed by atoms with Crippen LogP contribution in [0, 0.1) is 12.7 Å². The van der Waals surface area contributed by atoms with Gasteiger partial charge in [-0.3, -0.25) is 4.79 Å². The predicted octanol–water partition coefficient (Wildman–Crippen LogP) is 4.32. The number of carbonyl (C=O) groups excluding carboxylic acids is 1. The second-order valence-corrected chi connectivity index (χ2v) is 6.96. The molecular formula is C19H16FN3OS. The zero-order valence-corrected chi connectivity index (χ0v) is 14.4. The molecule has 1 aliphatic rings. The number of carbonyl (C=O) groups is 1. The van der Waals surface area contributed by atoms with E-state index in [1.807, 2.05) is 25.1 Å². The van der Waals surface area contributed by atoms with Crippen molar-refractivity contribution < 1.29 is 9.18 Å². The molecule has 4 rings (SSSR count). The first-order valence-electron chi connectivity index (χ1n) is 7.94. The van der Waals surface area contributed by atoms with Crippen LogP contribution in [0.2, 0.25) is 0 Å². The molecule has 0 saturated carbocycles. The van der Waals surface area contributed by atoms with Crippen LogP contribution in [0.5, 0.6) is 0 Å². The summed E-state index contributed by atoms with van der Waals surface area (Å²) < 4.78 is 14.9. The highest BCUT2D eigenvalue weighted by atomic mass is 32.2. The van der Waals surface area contributed by atoms with Gasteiger partial charge >= 0.3 is 0 Å². The molecule has 0 unspecified atom stereocenters. The minimum absolute atomic E-state index is 0.174. The average molecular weight is 353 g/mol. The molecule has 0 bridgehead atoms. The molecule has 1 aromatic heterocycles. The molecule has 3 aromatic rings. The molecule has 1 N–H and O–H groups in total. The summed E-state index contributed by atoms with van der Waals surface area (Å²) in [4.78, 5) is 12.7. The number of rotatable bonds is 3. The van der Waals surface area contributed by atoms with E-state index in [2.05, 4.69) is 10.4 Å². The quantitative estimate of drug-likeness (QED) is 0.763. The molecule has 0 aliphatic carbocycles. The number of nitrogens with zero attached hydrogens (tertiary/aromatic N) is 2. The van der Waals surface area contributed by atoms with E-state index in [-0.39, 0.29) is 11.7 Å². The Labute approximate surface area is 149 Å². The second-order valence-electron chi connectivity index (χ2n) is 5.98. The van der Waals surface area contributed by atoms with Crippen molar-refractivity contribution in [3.8, 4) is 5.69 Å². The monoisotopic (exact) mass is 353 g/mol. The van der Waals surface area contributed by atoms with Crippen molar-refractivity contribution in [1.29, 1.82) is 0 Å². The van der Waals surface area contributed by atoms with Crippen LogP contribution in [0.4, 0.5) is 10.2 Å². The highest BCUT2D eigenvalue weighted by molar-refractivity contribution is 7.98. The van der Waals surface area contributed by atoms with E-state index >= 15 is 0 Å². The number of hydrogen-bond donors (Lipinski definition) is 1. The smallest absolute Gasteiger partial charge is 0.256 e. The van der Waals surface area contributed by atoms with Gasteiger partial charge in [0.1, 0.15) is 11.6 Å². The van der Waals surface area contributed by atoms with Gasteiger partial charge in [-0.15, -0.1) is 0 Å². The molecule has 0 atom stereocenters. The van der Waals surface area contributed by atoms with Crippen molar-refractivity contribution in [2.45, 2.75) is 18.4 Å². The predicted molar refractivity (Wildman–Crippen MR) is 97.7 cm³/mol. The van der Waals surface area contributed by atoms with E-state index in [1.54, 1.807) is 34.6 Å². The van der Waals surface area contributed by atoms with E-state index < -0.39 is 0 Å². The number of anilines is 1. The molecule has 6 heteroatoms. The van der Waals surface area contributed by atoms with Gasteiger partial charge in [-0.25, -0.2) is 9.07 Å². The number of aryl methyl sites for hydroxylation is 1. The Morgan fingerprint density at radius 1 is 1.20 bits per heavy atom. The van der Waals surface area contributed by atoms with Crippen molar-refractivity contribution in [1.82, 2.24) is 9.78 Å². The van der Waals surface area contributed by atoms with Gasteiger partial charge < -0.3 is 5.32 Å². The molecule has 2 aromatic carbocycles. The summed E-state index contributed by atoms with van der Waals surface area (Å²) in [5.74, 6) is 1.81. The minimum atomic E-state index is -0.302. The Bertz CT molecular complexity index is 950. The Kier molecular flexibility index (Phi) is 4.05. The Balaban J connectivity index is 1.73. The summed E-state index contributed by atoms with van der Waals surface area (Å²) in [7, 11) is 0. The van der Waals surface area contributed by atoms with E-state index in [4.69, 9.17) is 0 Å². The number of thioether (sulfide) groups is 1. The normalized spacial score (nSPS) is 12.9. The molecule has 4 nitrogen and oxygen atoms in total. The SMILES string of the molecule is Cc1cccc(C(=O)Nc2c3c(nn2-c2ccc(F)cc2)CSC3)c1. The van der Waals surface area contributed by atoms with Crippen molar-refractivity contribution in [3.05, 3.63) is 76.7 Å². The van der Waals surface area contributed by atoms with Crippen LogP contribution >= 0.6 is 11.8 Å². The molecule has 0 fully saturated rings. The summed E-state index contributed by atoms with van der Waals surface area (Å²) >= 11 is 1.77. The summed E-state index contributed by atoms with van der Waals surface area (Å²) in [5.41, 5.74) is 4.36. The summed E-state index contributed by atoms with van der Waals surface area (Å²) in [6.45, 7) is 1.95. The standard InChI is InChI=1S/C19H16FN3OS/c1-12-3-2-4-13(9-12)19(24)21-18-16-10-25-11-17(16)22-23(18)15-7-5-14(20)6-8-15/h2-9H,10-11H2,1H3,(H,21,24). The average Bonchev–Trinajstić information content (AvgIpc) is 3.18. The number of fused-ring (bicyclic) bond motifs is 1. The highest BCUT2D eigenvalue weighted by Gasteiger charge is 2.25. The largest absolute Gasteiger partial charge is 0.306 e. The number of halogens is 1. The summed E-state index contributed by atoms with van der Waals surface area (Å²) in [6.07, 6.45) is 0. The molecular weight excluding hydrogens is 337 g/mol. The number of aromatic nitrogens is 2. The first kappa shape index (κ1) is 15.9. The van der Waals surface area contributed by atoms with E-state index in [0.717, 1.165) is 34.0 Å². The number of hydrogen-bond acceptors (Lipinski definition) is 3. The lowest BCUT2D eigenvalue weighted by Gasteiger charge is -2.11. The van der Waals surface area contributed by atoms with Gasteiger partial charge in [0.15, 0.2) is 0 Å². The molecule has 1 amide bonds. The van der Waals surface area contributed by atoms with Crippen LogP contribution < -0.4 is 5.32 Å². The third-order valence-corrected chi connectivity index (χ3v) is 5.11. The molecule has 2 heterocycles. The summed E-state index contributed by atoms with van der Waals surface area (Å²) in [5, 5.41) is 7.62. The Hall–Kier alpha value is -2.60. The zero-order valence-electron chi connectivity index (χ0n) is 13.6. The molecule has 126 valence electrons. The van der Waals surface area contributed by atoms with Crippen molar-refractivity contribution >= 4 is 23.5 Å². The van der Waals surface area contributed by atoms with E-state index in [1.165, 1.54) is 12.1 Å². The second kappa shape index (κ2) is 6.37. The van der Waals surface area contributed by atoms with Gasteiger partial charge in [-0.1, -0.05) is 17.7 Å². The fourth-order valence-corrected chi connectivity index (χ4v) is 3.91. The third-order valence-electron chi connectivity index (χ3n) is 4.14. The van der Waals surface area contributed by atoms with Crippen molar-refractivity contribution in [2.75, 3.05) is 5.32 Å². The van der Waals surface area contributed by atoms with Gasteiger partial charge in [0.2, 0.25) is 0 Å². The van der Waals surface area contributed by atoms with Crippen LogP contribution in [-0.2, 0) is 11.5 Å². The zero-order chi connectivity index (χ0) is 17.4. The fourth-order valence-electron chi connectivity index (χ4n) is 2.88. The van der Waals surface area contributed by atoms with E-state index in [9.17, 15) is 9.18 Å². The minimum Gasteiger partial charge on any atom is -0.306 e. The Morgan fingerprint density at radius 2 is 2.00 bits per heavy atom. The number of nitrogens with one attached hydrogen (secondary N) is 1. The number of amides is 1. The Morgan fingerprint density at radius 3 is 2.76 bits per heavy atom. The maximum atomic E-state index is 13.2. The van der Waals surface area contributed by atoms with Crippen molar-refractivity contribution in [3.63, 3.8) is 0 Å². The molecule has 25 heavy (non-hydrogen) atoms.